The molecule has 6 aromatic carbocycles. The molecule has 5 heteroatoms. The molecule has 0 saturated heterocycles. The van der Waals surface area contributed by atoms with Gasteiger partial charge in [-0.1, -0.05) is 155 Å². The van der Waals surface area contributed by atoms with Gasteiger partial charge in [0.25, 0.3) is 0 Å². The number of carbonyl (C=O) groups is 1. The number of ketones is 1. The molecule has 6 aromatic rings. The third kappa shape index (κ3) is 12.2. The molecular weight excluding hydrogens is 613 g/mol. The van der Waals surface area contributed by atoms with Crippen LogP contribution in [0.4, 0.5) is 0 Å². The molecule has 48 heavy (non-hydrogen) atoms. The Hall–Kier alpha value is -5.26. The van der Waals surface area contributed by atoms with Gasteiger partial charge in [-0.15, -0.1) is 0 Å². The largest absolute Gasteiger partial charge is 0.417 e. The second-order valence-electron chi connectivity index (χ2n) is 11.7. The first-order chi connectivity index (χ1) is 23.1. The van der Waals surface area contributed by atoms with Crippen LogP contribution in [-0.2, 0) is 17.8 Å². The van der Waals surface area contributed by atoms with Crippen LogP contribution in [0.1, 0.15) is 54.9 Å². The number of rotatable bonds is 8. The summed E-state index contributed by atoms with van der Waals surface area (Å²) >= 11 is -1.84. The van der Waals surface area contributed by atoms with E-state index in [0.29, 0.717) is 11.5 Å². The van der Waals surface area contributed by atoms with Crippen molar-refractivity contribution in [2.45, 2.75) is 41.0 Å². The Morgan fingerprint density at radius 2 is 0.750 bits per heavy atom. The second kappa shape index (κ2) is 18.2. The zero-order valence-electron chi connectivity index (χ0n) is 28.2. The van der Waals surface area contributed by atoms with Crippen molar-refractivity contribution in [3.05, 3.63) is 202 Å². The summed E-state index contributed by atoms with van der Waals surface area (Å²) in [5, 5.41) is 0. The fraction of sp³-hybridized carbons (Fsp3) is 0.140. The average molecular weight is 655 g/mol. The standard InChI is InChI=1S/C15H14O.C14H14O3S.C14H14/c1-11-3-7-13(8-4-11)15(16)14-9-5-12(2)6-10-14;1-11-3-7-13(8-4-11)16-18(15)17-14-9-5-12(2)6-10-14;1-12-7-9-14(10-8-12)11-13-5-3-2-4-6-13/h3-10H,1-2H3;3-10H,1-2H3;2-10H,11H2,1H3. The Kier molecular flexibility index (Phi) is 13.5. The molecule has 0 aliphatic rings. The summed E-state index contributed by atoms with van der Waals surface area (Å²) in [4.78, 5) is 12.1. The van der Waals surface area contributed by atoms with E-state index in [-0.39, 0.29) is 5.78 Å². The van der Waals surface area contributed by atoms with E-state index in [0.717, 1.165) is 28.7 Å². The van der Waals surface area contributed by atoms with Crippen molar-refractivity contribution in [1.29, 1.82) is 0 Å². The molecule has 244 valence electrons. The fourth-order valence-electron chi connectivity index (χ4n) is 4.48. The van der Waals surface area contributed by atoms with Crippen molar-refractivity contribution in [3.8, 4) is 11.5 Å². The van der Waals surface area contributed by atoms with Crippen molar-refractivity contribution in [3.63, 3.8) is 0 Å². The first-order valence-electron chi connectivity index (χ1n) is 15.8. The summed E-state index contributed by atoms with van der Waals surface area (Å²) in [5.41, 5.74) is 10.1. The molecule has 0 aliphatic heterocycles. The van der Waals surface area contributed by atoms with Crippen LogP contribution in [0.15, 0.2) is 152 Å². The summed E-state index contributed by atoms with van der Waals surface area (Å²) in [7, 11) is 0. The van der Waals surface area contributed by atoms with Crippen LogP contribution in [0, 0.1) is 34.6 Å². The Bertz CT molecular complexity index is 1770. The topological polar surface area (TPSA) is 52.6 Å². The van der Waals surface area contributed by atoms with Crippen LogP contribution in [0.3, 0.4) is 0 Å². The SMILES string of the molecule is Cc1ccc(C(=O)c2ccc(C)cc2)cc1.Cc1ccc(Cc2ccccc2)cc1.Cc1ccc(OS(=O)Oc2ccc(C)cc2)cc1. The van der Waals surface area contributed by atoms with Gasteiger partial charge in [0, 0.05) is 11.1 Å². The Morgan fingerprint density at radius 1 is 0.438 bits per heavy atom. The zero-order valence-corrected chi connectivity index (χ0v) is 29.0. The Balaban J connectivity index is 0.000000164. The van der Waals surface area contributed by atoms with Crippen LogP contribution in [0.5, 0.6) is 11.5 Å². The summed E-state index contributed by atoms with van der Waals surface area (Å²) in [6.07, 6.45) is 1.03. The third-order valence-corrected chi connectivity index (χ3v) is 8.03. The van der Waals surface area contributed by atoms with Gasteiger partial charge in [0.05, 0.1) is 0 Å². The minimum atomic E-state index is -1.84. The van der Waals surface area contributed by atoms with Crippen LogP contribution in [0.25, 0.3) is 0 Å². The normalized spacial score (nSPS) is 10.2. The number of hydrogen-bond acceptors (Lipinski definition) is 4. The van der Waals surface area contributed by atoms with Crippen molar-refractivity contribution in [1.82, 2.24) is 0 Å². The maximum Gasteiger partial charge on any atom is 0.417 e. The molecule has 6 rings (SSSR count). The van der Waals surface area contributed by atoms with E-state index < -0.39 is 11.4 Å². The highest BCUT2D eigenvalue weighted by molar-refractivity contribution is 7.75. The monoisotopic (exact) mass is 654 g/mol. The van der Waals surface area contributed by atoms with Gasteiger partial charge in [0.15, 0.2) is 5.78 Å². The highest BCUT2D eigenvalue weighted by Gasteiger charge is 2.08. The third-order valence-electron chi connectivity index (χ3n) is 7.37. The summed E-state index contributed by atoms with van der Waals surface area (Å²) in [5.74, 6) is 1.12. The molecule has 0 radical (unpaired) electrons. The van der Waals surface area contributed by atoms with E-state index >= 15 is 0 Å². The Morgan fingerprint density at radius 3 is 1.12 bits per heavy atom. The lowest BCUT2D eigenvalue weighted by Crippen LogP contribution is -2.07. The summed E-state index contributed by atoms with van der Waals surface area (Å²) in [6, 6.07) is 49.2. The molecule has 0 atom stereocenters. The summed E-state index contributed by atoms with van der Waals surface area (Å²) < 4.78 is 21.9. The molecule has 0 aliphatic carbocycles. The predicted molar refractivity (Wildman–Crippen MR) is 198 cm³/mol. The van der Waals surface area contributed by atoms with Crippen molar-refractivity contribution in [2.24, 2.45) is 0 Å². The molecule has 0 amide bonds. The van der Waals surface area contributed by atoms with Crippen LogP contribution >= 0.6 is 0 Å². The van der Waals surface area contributed by atoms with Gasteiger partial charge in [-0.2, -0.15) is 4.21 Å². The second-order valence-corrected chi connectivity index (χ2v) is 12.4. The number of aryl methyl sites for hydroxylation is 5. The van der Waals surface area contributed by atoms with E-state index in [1.54, 1.807) is 24.3 Å². The highest BCUT2D eigenvalue weighted by Crippen LogP contribution is 2.17. The molecule has 0 heterocycles. The minimum Gasteiger partial charge on any atom is -0.371 e. The lowest BCUT2D eigenvalue weighted by Gasteiger charge is -2.06. The lowest BCUT2D eigenvalue weighted by molar-refractivity contribution is 0.103. The first-order valence-corrected chi connectivity index (χ1v) is 16.8. The van der Waals surface area contributed by atoms with E-state index in [4.69, 9.17) is 8.37 Å². The van der Waals surface area contributed by atoms with Crippen molar-refractivity contribution >= 4 is 17.1 Å². The van der Waals surface area contributed by atoms with Gasteiger partial charge in [0.2, 0.25) is 0 Å². The predicted octanol–water partition coefficient (Wildman–Crippen LogP) is 10.5. The summed E-state index contributed by atoms with van der Waals surface area (Å²) in [6.45, 7) is 10.1. The molecule has 0 fully saturated rings. The number of hydrogen-bond donors (Lipinski definition) is 0. The Labute approximate surface area is 287 Å². The van der Waals surface area contributed by atoms with Crippen molar-refractivity contribution in [2.75, 3.05) is 0 Å². The average Bonchev–Trinajstić information content (AvgIpc) is 3.09. The number of benzene rings is 6. The molecule has 0 unspecified atom stereocenters. The molecule has 0 N–H and O–H groups in total. The van der Waals surface area contributed by atoms with E-state index in [9.17, 15) is 9.00 Å². The van der Waals surface area contributed by atoms with Gasteiger partial charge in [-0.25, -0.2) is 0 Å². The fourth-order valence-corrected chi connectivity index (χ4v) is 5.05. The highest BCUT2D eigenvalue weighted by atomic mass is 32.2. The molecule has 4 nitrogen and oxygen atoms in total. The molecular formula is C43H42O4S. The van der Waals surface area contributed by atoms with E-state index in [1.165, 1.54) is 27.8 Å². The molecule has 0 saturated carbocycles. The van der Waals surface area contributed by atoms with E-state index in [1.807, 2.05) is 100 Å². The molecule has 0 bridgehead atoms. The van der Waals surface area contributed by atoms with Crippen LogP contribution in [-0.4, -0.2) is 9.99 Å². The smallest absolute Gasteiger partial charge is 0.371 e. The molecule has 0 spiro atoms. The van der Waals surface area contributed by atoms with Gasteiger partial charge in [-0.3, -0.25) is 4.79 Å². The van der Waals surface area contributed by atoms with Crippen LogP contribution in [0.2, 0.25) is 0 Å². The molecule has 0 aromatic heterocycles. The zero-order chi connectivity index (χ0) is 34.3. The van der Waals surface area contributed by atoms with Gasteiger partial charge >= 0.3 is 11.4 Å². The maximum absolute atomic E-state index is 12.1. The quantitative estimate of drug-likeness (QED) is 0.153. The van der Waals surface area contributed by atoms with Gasteiger partial charge in [0.1, 0.15) is 11.5 Å². The first kappa shape index (κ1) is 35.6. The van der Waals surface area contributed by atoms with Gasteiger partial charge in [-0.05, 0) is 76.4 Å². The lowest BCUT2D eigenvalue weighted by atomic mass is 10.0. The van der Waals surface area contributed by atoms with E-state index in [2.05, 4.69) is 61.5 Å². The maximum atomic E-state index is 12.1. The minimum absolute atomic E-state index is 0.0833. The van der Waals surface area contributed by atoms with Gasteiger partial charge < -0.3 is 8.37 Å². The number of carbonyl (C=O) groups excluding carboxylic acids is 1. The van der Waals surface area contributed by atoms with Crippen molar-refractivity contribution < 1.29 is 17.4 Å². The van der Waals surface area contributed by atoms with Crippen LogP contribution < -0.4 is 8.37 Å².